The molecule has 84 valence electrons. The average molecular weight is 236 g/mol. The van der Waals surface area contributed by atoms with Crippen molar-refractivity contribution >= 4 is 17.4 Å². The molecule has 0 radical (unpaired) electrons. The maximum Gasteiger partial charge on any atom is 0.483 e. The van der Waals surface area contributed by atoms with Crippen LogP contribution in [-0.2, 0) is 8.54 Å². The van der Waals surface area contributed by atoms with Gasteiger partial charge in [-0.05, 0) is 24.4 Å². The van der Waals surface area contributed by atoms with Crippen molar-refractivity contribution in [3.8, 4) is 0 Å². The number of hydrogen-bond acceptors (Lipinski definition) is 4. The Kier molecular flexibility index (Phi) is 3.90. The first-order valence-corrected chi connectivity index (χ1v) is 9.55. The van der Waals surface area contributed by atoms with Gasteiger partial charge in [-0.1, -0.05) is 13.8 Å². The van der Waals surface area contributed by atoms with Crippen molar-refractivity contribution in [1.82, 2.24) is 0 Å². The maximum atomic E-state index is 9.41. The molecule has 1 atom stereocenters. The lowest BCUT2D eigenvalue weighted by atomic mass is 10.4. The van der Waals surface area contributed by atoms with Crippen LogP contribution >= 0.6 is 0 Å². The molecule has 0 bridgehead atoms. The molecule has 1 aliphatic heterocycles. The van der Waals surface area contributed by atoms with Crippen molar-refractivity contribution in [3.63, 3.8) is 0 Å². The van der Waals surface area contributed by atoms with E-state index in [4.69, 9.17) is 8.54 Å². The summed E-state index contributed by atoms with van der Waals surface area (Å²) in [6.45, 7) is 6.16. The highest BCUT2D eigenvalue weighted by Gasteiger charge is 2.48. The lowest BCUT2D eigenvalue weighted by Gasteiger charge is -2.39. The quantitative estimate of drug-likeness (QED) is 0.723. The fourth-order valence-electron chi connectivity index (χ4n) is 1.77. The predicted molar refractivity (Wildman–Crippen MR) is 58.0 cm³/mol. The van der Waals surface area contributed by atoms with Gasteiger partial charge in [0.25, 0.3) is 0 Å². The summed E-state index contributed by atoms with van der Waals surface area (Å²) in [6.07, 6.45) is 2.13. The molecule has 0 aromatic carbocycles. The Bertz CT molecular complexity index is 184. The zero-order chi connectivity index (χ0) is 10.8. The monoisotopic (exact) mass is 236 g/mol. The van der Waals surface area contributed by atoms with Crippen LogP contribution in [0, 0.1) is 0 Å². The van der Waals surface area contributed by atoms with Gasteiger partial charge >= 0.3 is 17.4 Å². The summed E-state index contributed by atoms with van der Waals surface area (Å²) >= 11 is 0. The van der Waals surface area contributed by atoms with Gasteiger partial charge in [0, 0.05) is 13.2 Å². The molecule has 0 saturated carbocycles. The van der Waals surface area contributed by atoms with Crippen LogP contribution in [0.1, 0.15) is 26.7 Å². The minimum absolute atomic E-state index is 0.272. The van der Waals surface area contributed by atoms with Crippen molar-refractivity contribution in [2.45, 2.75) is 44.8 Å². The van der Waals surface area contributed by atoms with E-state index in [1.54, 1.807) is 0 Å². The van der Waals surface area contributed by atoms with Crippen LogP contribution in [0.5, 0.6) is 0 Å². The summed E-state index contributed by atoms with van der Waals surface area (Å²) in [5.74, 6) is 0. The molecule has 14 heavy (non-hydrogen) atoms. The Morgan fingerprint density at radius 1 is 1.36 bits per heavy atom. The molecule has 1 aliphatic rings. The molecule has 0 aromatic rings. The average Bonchev–Trinajstić information content (AvgIpc) is 2.02. The van der Waals surface area contributed by atoms with Gasteiger partial charge in [0.05, 0.1) is 0 Å². The minimum Gasteiger partial charge on any atom is -0.394 e. The molecule has 6 heteroatoms. The Labute approximate surface area is 87.5 Å². The van der Waals surface area contributed by atoms with E-state index in [1.165, 1.54) is 6.55 Å². The number of hydrogen-bond donors (Lipinski definition) is 2. The van der Waals surface area contributed by atoms with E-state index in [0.717, 1.165) is 18.9 Å². The highest BCUT2D eigenvalue weighted by molar-refractivity contribution is 6.78. The third-order valence-electron chi connectivity index (χ3n) is 2.51. The van der Waals surface area contributed by atoms with Crippen molar-refractivity contribution < 1.29 is 18.1 Å². The van der Waals surface area contributed by atoms with Crippen LogP contribution in [-0.4, -0.2) is 33.6 Å². The molecule has 0 aromatic heterocycles. The van der Waals surface area contributed by atoms with Gasteiger partial charge in [-0.3, -0.25) is 0 Å². The van der Waals surface area contributed by atoms with Crippen LogP contribution in [0.4, 0.5) is 0 Å². The Balaban J connectivity index is 2.71. The van der Waals surface area contributed by atoms with Gasteiger partial charge < -0.3 is 18.1 Å². The smallest absolute Gasteiger partial charge is 0.394 e. The molecular formula is C8H20O4Si2. The molecule has 1 rings (SSSR count). The van der Waals surface area contributed by atoms with E-state index in [9.17, 15) is 9.59 Å². The molecule has 1 fully saturated rings. The Morgan fingerprint density at radius 3 is 2.36 bits per heavy atom. The highest BCUT2D eigenvalue weighted by Crippen LogP contribution is 2.34. The minimum atomic E-state index is -3.44. The van der Waals surface area contributed by atoms with E-state index in [1.807, 2.05) is 13.8 Å². The predicted octanol–water partition coefficient (Wildman–Crippen LogP) is 1.22. The van der Waals surface area contributed by atoms with Crippen molar-refractivity contribution in [1.29, 1.82) is 0 Å². The van der Waals surface area contributed by atoms with Gasteiger partial charge in [0.2, 0.25) is 0 Å². The maximum absolute atomic E-state index is 9.41. The zero-order valence-corrected chi connectivity index (χ0v) is 11.1. The summed E-state index contributed by atoms with van der Waals surface area (Å²) in [5.41, 5.74) is 0.272. The lowest BCUT2D eigenvalue weighted by molar-refractivity contribution is 0.152. The third-order valence-corrected chi connectivity index (χ3v) is 8.94. The summed E-state index contributed by atoms with van der Waals surface area (Å²) in [6, 6.07) is 0.883. The second kappa shape index (κ2) is 4.42. The van der Waals surface area contributed by atoms with Gasteiger partial charge in [0.15, 0.2) is 0 Å². The van der Waals surface area contributed by atoms with Crippen LogP contribution in [0.2, 0.25) is 18.1 Å². The van der Waals surface area contributed by atoms with Crippen molar-refractivity contribution in [2.24, 2.45) is 0 Å². The molecule has 0 aliphatic carbocycles. The molecule has 1 unspecified atom stereocenters. The van der Waals surface area contributed by atoms with E-state index in [0.29, 0.717) is 6.61 Å². The SMILES string of the molecule is CC(C)[Si]1(O[Si](C)(O)O)CCCCO1. The van der Waals surface area contributed by atoms with Crippen LogP contribution < -0.4 is 0 Å². The van der Waals surface area contributed by atoms with E-state index in [2.05, 4.69) is 0 Å². The van der Waals surface area contributed by atoms with E-state index < -0.39 is 17.4 Å². The van der Waals surface area contributed by atoms with Gasteiger partial charge in [0.1, 0.15) is 0 Å². The zero-order valence-electron chi connectivity index (χ0n) is 9.12. The summed E-state index contributed by atoms with van der Waals surface area (Å²) in [7, 11) is -5.78. The first kappa shape index (κ1) is 12.3. The fourth-order valence-corrected chi connectivity index (χ4v) is 8.26. The largest absolute Gasteiger partial charge is 0.483 e. The van der Waals surface area contributed by atoms with E-state index >= 15 is 0 Å². The van der Waals surface area contributed by atoms with Gasteiger partial charge in [-0.2, -0.15) is 0 Å². The normalized spacial score (nSPS) is 29.6. The van der Waals surface area contributed by atoms with Crippen molar-refractivity contribution in [3.05, 3.63) is 0 Å². The molecule has 0 spiro atoms. The summed E-state index contributed by atoms with van der Waals surface area (Å²) in [4.78, 5) is 18.8. The van der Waals surface area contributed by atoms with E-state index in [-0.39, 0.29) is 5.54 Å². The first-order valence-electron chi connectivity index (χ1n) is 5.15. The highest BCUT2D eigenvalue weighted by atomic mass is 28.5. The standard InChI is InChI=1S/C8H20O4Si2/c1-8(2)14(12-13(3,9)10)7-5-4-6-11-14/h8-10H,4-7H2,1-3H3. The fraction of sp³-hybridized carbons (Fsp3) is 1.00. The molecule has 4 nitrogen and oxygen atoms in total. The first-order chi connectivity index (χ1) is 6.36. The topological polar surface area (TPSA) is 58.9 Å². The van der Waals surface area contributed by atoms with Crippen LogP contribution in [0.25, 0.3) is 0 Å². The Morgan fingerprint density at radius 2 is 2.00 bits per heavy atom. The third kappa shape index (κ3) is 3.14. The van der Waals surface area contributed by atoms with Gasteiger partial charge in [-0.25, -0.2) is 0 Å². The summed E-state index contributed by atoms with van der Waals surface area (Å²) in [5, 5.41) is 0. The molecular weight excluding hydrogens is 216 g/mol. The molecule has 2 N–H and O–H groups in total. The van der Waals surface area contributed by atoms with Crippen LogP contribution in [0.15, 0.2) is 0 Å². The molecule has 1 heterocycles. The summed E-state index contributed by atoms with van der Waals surface area (Å²) < 4.78 is 11.2. The second-order valence-corrected chi connectivity index (χ2v) is 10.6. The second-order valence-electron chi connectivity index (χ2n) is 4.31. The number of rotatable bonds is 3. The Hall–Kier alpha value is 0.274. The van der Waals surface area contributed by atoms with Gasteiger partial charge in [-0.15, -0.1) is 0 Å². The molecule has 0 amide bonds. The van der Waals surface area contributed by atoms with Crippen molar-refractivity contribution in [2.75, 3.05) is 6.61 Å². The lowest BCUT2D eigenvalue weighted by Crippen LogP contribution is -2.55. The van der Waals surface area contributed by atoms with Crippen LogP contribution in [0.3, 0.4) is 0 Å². The molecule has 1 saturated heterocycles.